The fourth-order valence-electron chi connectivity index (χ4n) is 2.06. The van der Waals surface area contributed by atoms with Crippen molar-refractivity contribution in [2.24, 2.45) is 0 Å². The van der Waals surface area contributed by atoms with Crippen LogP contribution in [0.25, 0.3) is 0 Å². The van der Waals surface area contributed by atoms with Crippen molar-refractivity contribution in [3.05, 3.63) is 68.9 Å². The van der Waals surface area contributed by atoms with E-state index in [9.17, 15) is 19.1 Å². The van der Waals surface area contributed by atoms with Crippen molar-refractivity contribution in [3.63, 3.8) is 0 Å². The van der Waals surface area contributed by atoms with Crippen LogP contribution in [0.15, 0.2) is 35.1 Å². The number of pyridine rings is 1. The molecule has 0 saturated carbocycles. The van der Waals surface area contributed by atoms with Gasteiger partial charge in [0, 0.05) is 5.69 Å². The van der Waals surface area contributed by atoms with Crippen LogP contribution in [0.4, 0.5) is 4.39 Å². The summed E-state index contributed by atoms with van der Waals surface area (Å²) in [5.74, 6) is -0.995. The SMILES string of the molecule is Cc1cc(C(=O)NC(CO)c2ccc(F)cc2)c(=O)[nH]c1C. The second-order valence-corrected chi connectivity index (χ2v) is 5.08. The summed E-state index contributed by atoms with van der Waals surface area (Å²) in [6.45, 7) is 3.17. The van der Waals surface area contributed by atoms with Crippen molar-refractivity contribution in [1.82, 2.24) is 10.3 Å². The Morgan fingerprint density at radius 1 is 1.32 bits per heavy atom. The first-order valence-electron chi connectivity index (χ1n) is 6.80. The van der Waals surface area contributed by atoms with Gasteiger partial charge in [0.1, 0.15) is 11.4 Å². The summed E-state index contributed by atoms with van der Waals surface area (Å²) >= 11 is 0. The van der Waals surface area contributed by atoms with Gasteiger partial charge in [-0.15, -0.1) is 0 Å². The first-order chi connectivity index (χ1) is 10.4. The smallest absolute Gasteiger partial charge is 0.261 e. The minimum absolute atomic E-state index is 0.0244. The Balaban J connectivity index is 2.25. The Hall–Kier alpha value is -2.47. The summed E-state index contributed by atoms with van der Waals surface area (Å²) in [7, 11) is 0. The van der Waals surface area contributed by atoms with Crippen LogP contribution in [0, 0.1) is 19.7 Å². The van der Waals surface area contributed by atoms with Gasteiger partial charge < -0.3 is 15.4 Å². The molecule has 0 bridgehead atoms. The number of H-pyrrole nitrogens is 1. The van der Waals surface area contributed by atoms with E-state index in [1.165, 1.54) is 30.3 Å². The van der Waals surface area contributed by atoms with Gasteiger partial charge in [0.25, 0.3) is 11.5 Å². The van der Waals surface area contributed by atoms with Gasteiger partial charge in [-0.05, 0) is 43.2 Å². The van der Waals surface area contributed by atoms with Crippen LogP contribution in [-0.4, -0.2) is 22.6 Å². The van der Waals surface area contributed by atoms with Gasteiger partial charge in [0.2, 0.25) is 0 Å². The first-order valence-corrected chi connectivity index (χ1v) is 6.80. The van der Waals surface area contributed by atoms with E-state index in [4.69, 9.17) is 0 Å². The third-order valence-corrected chi connectivity index (χ3v) is 3.50. The van der Waals surface area contributed by atoms with Crippen LogP contribution in [-0.2, 0) is 0 Å². The first kappa shape index (κ1) is 15.9. The number of aryl methyl sites for hydroxylation is 2. The monoisotopic (exact) mass is 304 g/mol. The maximum absolute atomic E-state index is 12.9. The molecular weight excluding hydrogens is 287 g/mol. The summed E-state index contributed by atoms with van der Waals surface area (Å²) in [6.07, 6.45) is 0. The van der Waals surface area contributed by atoms with E-state index >= 15 is 0 Å². The molecule has 0 aliphatic heterocycles. The lowest BCUT2D eigenvalue weighted by Gasteiger charge is -2.17. The van der Waals surface area contributed by atoms with Crippen molar-refractivity contribution in [2.45, 2.75) is 19.9 Å². The highest BCUT2D eigenvalue weighted by atomic mass is 19.1. The predicted octanol–water partition coefficient (Wildman–Crippen LogP) is 1.59. The fraction of sp³-hybridized carbons (Fsp3) is 0.250. The van der Waals surface area contributed by atoms with Gasteiger partial charge >= 0.3 is 0 Å². The number of halogens is 1. The second-order valence-electron chi connectivity index (χ2n) is 5.08. The highest BCUT2D eigenvalue weighted by Crippen LogP contribution is 2.14. The lowest BCUT2D eigenvalue weighted by Crippen LogP contribution is -2.34. The molecule has 0 fully saturated rings. The van der Waals surface area contributed by atoms with E-state index in [1.807, 2.05) is 0 Å². The van der Waals surface area contributed by atoms with E-state index in [-0.39, 0.29) is 12.2 Å². The number of amides is 1. The minimum Gasteiger partial charge on any atom is -0.394 e. The van der Waals surface area contributed by atoms with Crippen molar-refractivity contribution in [1.29, 1.82) is 0 Å². The van der Waals surface area contributed by atoms with Crippen molar-refractivity contribution >= 4 is 5.91 Å². The Morgan fingerprint density at radius 3 is 2.55 bits per heavy atom. The van der Waals surface area contributed by atoms with Gasteiger partial charge in [-0.1, -0.05) is 12.1 Å². The van der Waals surface area contributed by atoms with Crippen molar-refractivity contribution in [2.75, 3.05) is 6.61 Å². The molecule has 2 aromatic rings. The highest BCUT2D eigenvalue weighted by Gasteiger charge is 2.18. The number of aliphatic hydroxyl groups excluding tert-OH is 1. The maximum atomic E-state index is 12.9. The van der Waals surface area contributed by atoms with Crippen LogP contribution < -0.4 is 10.9 Å². The third kappa shape index (κ3) is 3.40. The van der Waals surface area contributed by atoms with Gasteiger partial charge in [-0.3, -0.25) is 9.59 Å². The van der Waals surface area contributed by atoms with Crippen LogP contribution >= 0.6 is 0 Å². The van der Waals surface area contributed by atoms with Crippen LogP contribution in [0.2, 0.25) is 0 Å². The lowest BCUT2D eigenvalue weighted by molar-refractivity contribution is 0.0914. The third-order valence-electron chi connectivity index (χ3n) is 3.50. The zero-order valence-corrected chi connectivity index (χ0v) is 12.3. The molecule has 5 nitrogen and oxygen atoms in total. The number of benzene rings is 1. The number of hydrogen-bond acceptors (Lipinski definition) is 3. The molecule has 1 heterocycles. The fourth-order valence-corrected chi connectivity index (χ4v) is 2.06. The quantitative estimate of drug-likeness (QED) is 0.802. The summed E-state index contributed by atoms with van der Waals surface area (Å²) < 4.78 is 12.9. The van der Waals surface area contributed by atoms with Crippen molar-refractivity contribution in [3.8, 4) is 0 Å². The van der Waals surface area contributed by atoms with Gasteiger partial charge in [0.15, 0.2) is 0 Å². The Morgan fingerprint density at radius 2 is 1.95 bits per heavy atom. The number of hydrogen-bond donors (Lipinski definition) is 3. The number of carbonyl (C=O) groups excluding carboxylic acids is 1. The van der Waals surface area contributed by atoms with Gasteiger partial charge in [-0.2, -0.15) is 0 Å². The molecule has 2 rings (SSSR count). The van der Waals surface area contributed by atoms with Gasteiger partial charge in [-0.25, -0.2) is 4.39 Å². The number of aromatic nitrogens is 1. The van der Waals surface area contributed by atoms with Crippen LogP contribution in [0.3, 0.4) is 0 Å². The summed E-state index contributed by atoms with van der Waals surface area (Å²) in [4.78, 5) is 26.7. The predicted molar refractivity (Wildman–Crippen MR) is 80.2 cm³/mol. The van der Waals surface area contributed by atoms with Gasteiger partial charge in [0.05, 0.1) is 12.6 Å². The zero-order valence-electron chi connectivity index (χ0n) is 12.3. The molecule has 3 N–H and O–H groups in total. The molecule has 0 radical (unpaired) electrons. The lowest BCUT2D eigenvalue weighted by atomic mass is 10.1. The molecule has 22 heavy (non-hydrogen) atoms. The molecule has 1 unspecified atom stereocenters. The Bertz CT molecular complexity index is 738. The molecule has 1 aromatic heterocycles. The Kier molecular flexibility index (Phi) is 4.72. The molecule has 0 spiro atoms. The molecule has 116 valence electrons. The summed E-state index contributed by atoms with van der Waals surface area (Å²) in [5, 5.41) is 12.0. The average molecular weight is 304 g/mol. The second kappa shape index (κ2) is 6.53. The Labute approximate surface area is 126 Å². The van der Waals surface area contributed by atoms with Crippen LogP contribution in [0.5, 0.6) is 0 Å². The van der Waals surface area contributed by atoms with E-state index in [1.54, 1.807) is 13.8 Å². The topological polar surface area (TPSA) is 82.2 Å². The van der Waals surface area contributed by atoms with E-state index in [0.29, 0.717) is 11.3 Å². The average Bonchev–Trinajstić information content (AvgIpc) is 2.49. The molecule has 0 aliphatic rings. The summed E-state index contributed by atoms with van der Waals surface area (Å²) in [6, 6.07) is 6.22. The molecule has 1 aromatic carbocycles. The number of aliphatic hydroxyl groups is 1. The van der Waals surface area contributed by atoms with Crippen molar-refractivity contribution < 1.29 is 14.3 Å². The van der Waals surface area contributed by atoms with E-state index < -0.39 is 23.3 Å². The molecule has 6 heteroatoms. The number of aromatic amines is 1. The van der Waals surface area contributed by atoms with E-state index in [0.717, 1.165) is 5.56 Å². The zero-order chi connectivity index (χ0) is 16.3. The summed E-state index contributed by atoms with van der Waals surface area (Å²) in [5.41, 5.74) is 1.52. The highest BCUT2D eigenvalue weighted by molar-refractivity contribution is 5.94. The van der Waals surface area contributed by atoms with E-state index in [2.05, 4.69) is 10.3 Å². The minimum atomic E-state index is -0.714. The molecule has 1 amide bonds. The number of nitrogens with one attached hydrogen (secondary N) is 2. The molecule has 1 atom stereocenters. The number of rotatable bonds is 4. The largest absolute Gasteiger partial charge is 0.394 e. The molecule has 0 saturated heterocycles. The van der Waals surface area contributed by atoms with Crippen LogP contribution in [0.1, 0.15) is 33.2 Å². The molecular formula is C16H17FN2O3. The molecule has 0 aliphatic carbocycles. The normalized spacial score (nSPS) is 12.0. The standard InChI is InChI=1S/C16H17FN2O3/c1-9-7-13(15(21)18-10(9)2)16(22)19-14(8-20)11-3-5-12(17)6-4-11/h3-7,14,20H,8H2,1-2H3,(H,18,21)(H,19,22). The number of carbonyl (C=O) groups is 1. The maximum Gasteiger partial charge on any atom is 0.261 e.